The van der Waals surface area contributed by atoms with Crippen molar-refractivity contribution >= 4 is 48.3 Å². The van der Waals surface area contributed by atoms with Gasteiger partial charge in [-0.1, -0.05) is 15.9 Å². The van der Waals surface area contributed by atoms with E-state index in [1.165, 1.54) is 23.5 Å². The molecule has 1 aliphatic rings. The predicted octanol–water partition coefficient (Wildman–Crippen LogP) is 4.37. The van der Waals surface area contributed by atoms with Gasteiger partial charge in [0.2, 0.25) is 0 Å². The van der Waals surface area contributed by atoms with Crippen LogP contribution in [0.1, 0.15) is 40.6 Å². The first-order valence-electron chi connectivity index (χ1n) is 8.02. The van der Waals surface area contributed by atoms with E-state index < -0.39 is 16.0 Å². The van der Waals surface area contributed by atoms with E-state index in [1.807, 2.05) is 0 Å². The van der Waals surface area contributed by atoms with Crippen LogP contribution in [0.15, 0.2) is 33.6 Å². The highest BCUT2D eigenvalue weighted by atomic mass is 79.9. The molecule has 0 saturated carbocycles. The lowest BCUT2D eigenvalue weighted by atomic mass is 9.95. The first kappa shape index (κ1) is 18.4. The zero-order chi connectivity index (χ0) is 18.0. The van der Waals surface area contributed by atoms with Crippen LogP contribution in [-0.4, -0.2) is 21.0 Å². The topological polar surface area (TPSA) is 72.5 Å². The van der Waals surface area contributed by atoms with Crippen LogP contribution in [-0.2, 0) is 27.6 Å². The quantitative estimate of drug-likeness (QED) is 0.696. The van der Waals surface area contributed by atoms with Crippen LogP contribution in [0.5, 0.6) is 0 Å². The van der Waals surface area contributed by atoms with E-state index in [0.717, 1.165) is 40.6 Å². The van der Waals surface area contributed by atoms with Gasteiger partial charge in [0.05, 0.1) is 17.1 Å². The highest BCUT2D eigenvalue weighted by Gasteiger charge is 2.28. The first-order chi connectivity index (χ1) is 11.9. The molecule has 5 nitrogen and oxygen atoms in total. The normalized spacial score (nSPS) is 14.0. The summed E-state index contributed by atoms with van der Waals surface area (Å²) in [6, 6.07) is 6.37. The zero-order valence-electron chi connectivity index (χ0n) is 13.7. The summed E-state index contributed by atoms with van der Waals surface area (Å²) in [7, 11) is -3.77. The van der Waals surface area contributed by atoms with Gasteiger partial charge in [0.25, 0.3) is 10.0 Å². The van der Waals surface area contributed by atoms with Gasteiger partial charge in [0, 0.05) is 9.35 Å². The molecule has 0 radical (unpaired) electrons. The smallest absolute Gasteiger partial charge is 0.341 e. The molecule has 0 saturated heterocycles. The number of fused-ring (bicyclic) bond motifs is 1. The number of nitrogens with one attached hydrogen (secondary N) is 1. The summed E-state index contributed by atoms with van der Waals surface area (Å²) >= 11 is 4.63. The second-order valence-electron chi connectivity index (χ2n) is 5.69. The number of anilines is 1. The number of aryl methyl sites for hydroxylation is 1. The molecule has 1 N–H and O–H groups in total. The van der Waals surface area contributed by atoms with Crippen molar-refractivity contribution in [2.45, 2.75) is 37.5 Å². The SMILES string of the molecule is CCOC(=O)c1c(NS(=O)(=O)c2ccc(Br)cc2)sc2c1CCCC2. The second kappa shape index (κ2) is 7.47. The molecule has 3 rings (SSSR count). The maximum Gasteiger partial charge on any atom is 0.341 e. The molecule has 0 bridgehead atoms. The predicted molar refractivity (Wildman–Crippen MR) is 102 cm³/mol. The molecular formula is C17H18BrNO4S2. The van der Waals surface area contributed by atoms with Crippen LogP contribution in [0, 0.1) is 0 Å². The van der Waals surface area contributed by atoms with Gasteiger partial charge < -0.3 is 4.74 Å². The number of halogens is 1. The van der Waals surface area contributed by atoms with Crippen LogP contribution in [0.4, 0.5) is 5.00 Å². The molecular weight excluding hydrogens is 426 g/mol. The average Bonchev–Trinajstić information content (AvgIpc) is 2.92. The Hall–Kier alpha value is -1.38. The number of thiophene rings is 1. The van der Waals surface area contributed by atoms with Crippen molar-refractivity contribution in [2.24, 2.45) is 0 Å². The summed E-state index contributed by atoms with van der Waals surface area (Å²) < 4.78 is 33.9. The molecule has 1 aromatic heterocycles. The van der Waals surface area contributed by atoms with E-state index in [1.54, 1.807) is 19.1 Å². The van der Waals surface area contributed by atoms with Gasteiger partial charge in [-0.2, -0.15) is 0 Å². The number of rotatable bonds is 5. The highest BCUT2D eigenvalue weighted by molar-refractivity contribution is 9.10. The minimum Gasteiger partial charge on any atom is -0.462 e. The number of carbonyl (C=O) groups excluding carboxylic acids is 1. The number of hydrogen-bond acceptors (Lipinski definition) is 5. The van der Waals surface area contributed by atoms with Crippen LogP contribution in [0.2, 0.25) is 0 Å². The molecule has 0 spiro atoms. The standard InChI is InChI=1S/C17H18BrNO4S2/c1-2-23-17(20)15-13-5-3-4-6-14(13)24-16(15)19-25(21,22)12-9-7-11(18)8-10-12/h7-10,19H,2-6H2,1H3. The maximum atomic E-state index is 12.7. The Morgan fingerprint density at radius 1 is 1.24 bits per heavy atom. The number of sulfonamides is 1. The molecule has 0 amide bonds. The third-order valence-electron chi connectivity index (χ3n) is 4.00. The third kappa shape index (κ3) is 3.91. The first-order valence-corrected chi connectivity index (χ1v) is 11.1. The third-order valence-corrected chi connectivity index (χ3v) is 7.23. The Kier molecular flexibility index (Phi) is 5.50. The van der Waals surface area contributed by atoms with Gasteiger partial charge in [-0.15, -0.1) is 11.3 Å². The summed E-state index contributed by atoms with van der Waals surface area (Å²) in [5.41, 5.74) is 1.31. The monoisotopic (exact) mass is 443 g/mol. The van der Waals surface area contributed by atoms with E-state index in [-0.39, 0.29) is 11.5 Å². The average molecular weight is 444 g/mol. The summed E-state index contributed by atoms with van der Waals surface area (Å²) in [6.45, 7) is 1.99. The summed E-state index contributed by atoms with van der Waals surface area (Å²) in [4.78, 5) is 13.6. The molecule has 0 fully saturated rings. The molecule has 2 aromatic rings. The lowest BCUT2D eigenvalue weighted by molar-refractivity contribution is 0.0526. The van der Waals surface area contributed by atoms with Crippen molar-refractivity contribution in [3.05, 3.63) is 44.7 Å². The van der Waals surface area contributed by atoms with E-state index in [9.17, 15) is 13.2 Å². The molecule has 1 aliphatic carbocycles. The minimum atomic E-state index is -3.77. The van der Waals surface area contributed by atoms with Crippen molar-refractivity contribution in [2.75, 3.05) is 11.3 Å². The van der Waals surface area contributed by atoms with E-state index in [0.29, 0.717) is 10.6 Å². The maximum absolute atomic E-state index is 12.7. The van der Waals surface area contributed by atoms with Crippen LogP contribution >= 0.6 is 27.3 Å². The number of carbonyl (C=O) groups is 1. The Labute approximate surface area is 159 Å². The molecule has 134 valence electrons. The zero-order valence-corrected chi connectivity index (χ0v) is 16.9. The molecule has 0 atom stereocenters. The number of ether oxygens (including phenoxy) is 1. The second-order valence-corrected chi connectivity index (χ2v) is 9.40. The molecule has 1 heterocycles. The van der Waals surface area contributed by atoms with E-state index in [4.69, 9.17) is 4.74 Å². The van der Waals surface area contributed by atoms with Crippen LogP contribution < -0.4 is 4.72 Å². The number of benzene rings is 1. The highest BCUT2D eigenvalue weighted by Crippen LogP contribution is 2.39. The summed E-state index contributed by atoms with van der Waals surface area (Å²) in [5.74, 6) is -0.463. The Morgan fingerprint density at radius 2 is 1.92 bits per heavy atom. The molecule has 8 heteroatoms. The van der Waals surface area contributed by atoms with Crippen molar-refractivity contribution in [1.82, 2.24) is 0 Å². The minimum absolute atomic E-state index is 0.150. The number of hydrogen-bond donors (Lipinski definition) is 1. The van der Waals surface area contributed by atoms with Crippen LogP contribution in [0.3, 0.4) is 0 Å². The Balaban J connectivity index is 2.00. The van der Waals surface area contributed by atoms with Gasteiger partial charge in [-0.25, -0.2) is 13.2 Å². The van der Waals surface area contributed by atoms with Gasteiger partial charge in [-0.05, 0) is 62.4 Å². The number of esters is 1. The van der Waals surface area contributed by atoms with Gasteiger partial charge >= 0.3 is 5.97 Å². The largest absolute Gasteiger partial charge is 0.462 e. The van der Waals surface area contributed by atoms with Crippen molar-refractivity contribution < 1.29 is 17.9 Å². The molecule has 25 heavy (non-hydrogen) atoms. The van der Waals surface area contributed by atoms with Crippen molar-refractivity contribution in [3.8, 4) is 0 Å². The fraction of sp³-hybridized carbons (Fsp3) is 0.353. The van der Waals surface area contributed by atoms with Gasteiger partial charge in [-0.3, -0.25) is 4.72 Å². The lowest BCUT2D eigenvalue weighted by Gasteiger charge is -2.12. The van der Waals surface area contributed by atoms with Crippen molar-refractivity contribution in [1.29, 1.82) is 0 Å². The van der Waals surface area contributed by atoms with Crippen LogP contribution in [0.25, 0.3) is 0 Å². The fourth-order valence-corrected chi connectivity index (χ4v) is 5.70. The molecule has 1 aromatic carbocycles. The molecule has 0 unspecified atom stereocenters. The van der Waals surface area contributed by atoms with Gasteiger partial charge in [0.15, 0.2) is 0 Å². The Morgan fingerprint density at radius 3 is 2.60 bits per heavy atom. The Bertz CT molecular complexity index is 888. The summed E-state index contributed by atoms with van der Waals surface area (Å²) in [5, 5.41) is 0.355. The summed E-state index contributed by atoms with van der Waals surface area (Å²) in [6.07, 6.45) is 3.69. The van der Waals surface area contributed by atoms with Crippen molar-refractivity contribution in [3.63, 3.8) is 0 Å². The van der Waals surface area contributed by atoms with E-state index in [2.05, 4.69) is 20.7 Å². The lowest BCUT2D eigenvalue weighted by Crippen LogP contribution is -2.16. The molecule has 0 aliphatic heterocycles. The van der Waals surface area contributed by atoms with E-state index >= 15 is 0 Å². The van der Waals surface area contributed by atoms with Gasteiger partial charge in [0.1, 0.15) is 5.00 Å². The fourth-order valence-electron chi connectivity index (χ4n) is 2.85.